The molecule has 0 radical (unpaired) electrons. The minimum Gasteiger partial charge on any atom is -0.339 e. The van der Waals surface area contributed by atoms with E-state index in [9.17, 15) is 9.18 Å². The van der Waals surface area contributed by atoms with E-state index in [0.29, 0.717) is 30.9 Å². The van der Waals surface area contributed by atoms with Crippen LogP contribution in [-0.2, 0) is 10.2 Å². The topological polar surface area (TPSA) is 63.6 Å². The lowest BCUT2D eigenvalue weighted by Crippen LogP contribution is -2.72. The second kappa shape index (κ2) is 6.93. The van der Waals surface area contributed by atoms with Gasteiger partial charge in [-0.1, -0.05) is 17.3 Å². The van der Waals surface area contributed by atoms with Gasteiger partial charge in [-0.2, -0.15) is 4.98 Å². The number of aromatic nitrogens is 2. The Morgan fingerprint density at radius 3 is 2.46 bits per heavy atom. The molecule has 1 aromatic carbocycles. The first-order chi connectivity index (χ1) is 16.8. The summed E-state index contributed by atoms with van der Waals surface area (Å²) in [4.78, 5) is 24.4. The number of carbonyl (C=O) groups is 1. The molecule has 6 nitrogen and oxygen atoms in total. The maximum Gasteiger partial charge on any atom is 0.233 e. The van der Waals surface area contributed by atoms with Crippen LogP contribution < -0.4 is 4.90 Å². The molecule has 1 heterocycles. The molecule has 7 heteroatoms. The highest BCUT2D eigenvalue weighted by Gasteiger charge is 2.74. The van der Waals surface area contributed by atoms with Crippen LogP contribution in [0.5, 0.6) is 0 Å². The second-order valence-corrected chi connectivity index (χ2v) is 12.3. The van der Waals surface area contributed by atoms with Crippen molar-refractivity contribution in [1.82, 2.24) is 10.1 Å². The summed E-state index contributed by atoms with van der Waals surface area (Å²) >= 11 is 0. The van der Waals surface area contributed by atoms with E-state index in [4.69, 9.17) is 16.1 Å². The summed E-state index contributed by atoms with van der Waals surface area (Å²) in [7, 11) is 0. The third-order valence-corrected chi connectivity index (χ3v) is 10.3. The fourth-order valence-corrected chi connectivity index (χ4v) is 7.77. The van der Waals surface area contributed by atoms with Crippen molar-refractivity contribution in [2.24, 2.45) is 10.8 Å². The maximum absolute atomic E-state index is 14.4. The van der Waals surface area contributed by atoms with E-state index in [-0.39, 0.29) is 22.8 Å². The predicted molar refractivity (Wildman–Crippen MR) is 128 cm³/mol. The second-order valence-electron chi connectivity index (χ2n) is 12.3. The standard InChI is InChI=1S/C28H31FN4O2/c1-18(25-8-11-26(12-9-25,13-10-25)23-31-22(32-35-23)19-6-7-19)33(21-5-3-4-20(14-21)30-2)24(34)27-15-28(29,16-27)17-27/h3-5,14,18-19H,6-13,15-17H2,1H3. The highest BCUT2D eigenvalue weighted by atomic mass is 19.1. The quantitative estimate of drug-likeness (QED) is 0.454. The molecule has 182 valence electrons. The molecule has 0 saturated heterocycles. The largest absolute Gasteiger partial charge is 0.339 e. The zero-order valence-electron chi connectivity index (χ0n) is 20.2. The summed E-state index contributed by atoms with van der Waals surface area (Å²) in [6.45, 7) is 9.64. The Morgan fingerprint density at radius 1 is 1.17 bits per heavy atom. The minimum absolute atomic E-state index is 0.00179. The summed E-state index contributed by atoms with van der Waals surface area (Å²) in [6, 6.07) is 7.36. The molecule has 7 saturated carbocycles. The number of benzene rings is 1. The van der Waals surface area contributed by atoms with Crippen LogP contribution in [-0.4, -0.2) is 27.8 Å². The minimum atomic E-state index is -1.13. The monoisotopic (exact) mass is 474 g/mol. The summed E-state index contributed by atoms with van der Waals surface area (Å²) in [5.74, 6) is 2.24. The number of rotatable bonds is 6. The first-order valence-electron chi connectivity index (χ1n) is 13.1. The molecule has 7 aliphatic carbocycles. The molecule has 1 aromatic heterocycles. The Morgan fingerprint density at radius 2 is 1.86 bits per heavy atom. The van der Waals surface area contributed by atoms with E-state index >= 15 is 0 Å². The number of amides is 1. The molecule has 2 aromatic rings. The highest BCUT2D eigenvalue weighted by Crippen LogP contribution is 2.70. The van der Waals surface area contributed by atoms with Crippen LogP contribution >= 0.6 is 0 Å². The molecule has 1 atom stereocenters. The van der Waals surface area contributed by atoms with Gasteiger partial charge in [0, 0.05) is 23.1 Å². The van der Waals surface area contributed by atoms with Crippen molar-refractivity contribution in [1.29, 1.82) is 0 Å². The first kappa shape index (κ1) is 21.5. The Hall–Kier alpha value is -2.75. The summed E-state index contributed by atoms with van der Waals surface area (Å²) < 4.78 is 20.2. The Labute approximate surface area is 205 Å². The van der Waals surface area contributed by atoms with E-state index in [1.54, 1.807) is 6.07 Å². The van der Waals surface area contributed by atoms with Crippen molar-refractivity contribution in [3.05, 3.63) is 47.4 Å². The SMILES string of the molecule is [C-]#[N+]c1cccc(N(C(=O)C23CC(F)(C2)C3)C(C)C23CCC(c4nc(C5CC5)no4)(CC2)CC3)c1. The number of nitrogens with zero attached hydrogens (tertiary/aromatic N) is 4. The third-order valence-electron chi connectivity index (χ3n) is 10.3. The Bertz CT molecular complexity index is 1210. The van der Waals surface area contributed by atoms with Crippen molar-refractivity contribution >= 4 is 17.3 Å². The number of fused-ring (bicyclic) bond motifs is 3. The molecular weight excluding hydrogens is 443 g/mol. The van der Waals surface area contributed by atoms with Crippen molar-refractivity contribution in [3.8, 4) is 0 Å². The third kappa shape index (κ3) is 3.01. The van der Waals surface area contributed by atoms with Gasteiger partial charge in [-0.05, 0) is 95.1 Å². The van der Waals surface area contributed by atoms with Crippen LogP contribution in [0, 0.1) is 17.4 Å². The molecule has 7 fully saturated rings. The van der Waals surface area contributed by atoms with Gasteiger partial charge in [0.25, 0.3) is 0 Å². The Balaban J connectivity index is 1.17. The lowest BCUT2D eigenvalue weighted by Gasteiger charge is -2.66. The van der Waals surface area contributed by atoms with Crippen molar-refractivity contribution in [3.63, 3.8) is 0 Å². The van der Waals surface area contributed by atoms with Gasteiger partial charge >= 0.3 is 0 Å². The zero-order chi connectivity index (χ0) is 24.1. The Kier molecular flexibility index (Phi) is 4.26. The van der Waals surface area contributed by atoms with Gasteiger partial charge in [0.1, 0.15) is 5.67 Å². The van der Waals surface area contributed by atoms with E-state index in [1.165, 1.54) is 0 Å². The molecule has 4 bridgehead atoms. The van der Waals surface area contributed by atoms with Crippen LogP contribution in [0.3, 0.4) is 0 Å². The van der Waals surface area contributed by atoms with Gasteiger partial charge in [-0.3, -0.25) is 4.79 Å². The molecular formula is C28H31FN4O2. The number of hydrogen-bond acceptors (Lipinski definition) is 4. The van der Waals surface area contributed by atoms with Crippen LogP contribution in [0.1, 0.15) is 95.2 Å². The van der Waals surface area contributed by atoms with Crippen LogP contribution in [0.15, 0.2) is 28.8 Å². The van der Waals surface area contributed by atoms with Gasteiger partial charge in [0.15, 0.2) is 11.5 Å². The number of hydrogen-bond donors (Lipinski definition) is 0. The van der Waals surface area contributed by atoms with Crippen molar-refractivity contribution in [2.45, 2.75) is 101 Å². The molecule has 0 N–H and O–H groups in total. The van der Waals surface area contributed by atoms with E-state index < -0.39 is 11.1 Å². The number of carbonyl (C=O) groups excluding carboxylic acids is 1. The lowest BCUT2D eigenvalue weighted by atomic mass is 9.41. The van der Waals surface area contributed by atoms with Gasteiger partial charge < -0.3 is 9.42 Å². The smallest absolute Gasteiger partial charge is 0.233 e. The fourth-order valence-electron chi connectivity index (χ4n) is 7.77. The van der Waals surface area contributed by atoms with E-state index in [0.717, 1.165) is 68.8 Å². The van der Waals surface area contributed by atoms with E-state index in [2.05, 4.69) is 16.9 Å². The molecule has 1 unspecified atom stereocenters. The summed E-state index contributed by atoms with van der Waals surface area (Å²) in [6.07, 6.45) is 9.35. The van der Waals surface area contributed by atoms with Crippen LogP contribution in [0.4, 0.5) is 15.8 Å². The zero-order valence-corrected chi connectivity index (χ0v) is 20.2. The molecule has 0 aliphatic heterocycles. The number of alkyl halides is 1. The number of halogens is 1. The van der Waals surface area contributed by atoms with Crippen molar-refractivity contribution in [2.75, 3.05) is 4.90 Å². The highest BCUT2D eigenvalue weighted by molar-refractivity contribution is 6.01. The summed E-state index contributed by atoms with van der Waals surface area (Å²) in [5, 5.41) is 4.28. The maximum atomic E-state index is 14.4. The molecule has 35 heavy (non-hydrogen) atoms. The first-order valence-corrected chi connectivity index (χ1v) is 13.1. The van der Waals surface area contributed by atoms with Gasteiger partial charge in [0.2, 0.25) is 11.8 Å². The number of anilines is 1. The molecule has 9 rings (SSSR count). The lowest BCUT2D eigenvalue weighted by molar-refractivity contribution is -0.212. The van der Waals surface area contributed by atoms with Crippen LogP contribution in [0.25, 0.3) is 4.85 Å². The van der Waals surface area contributed by atoms with Crippen LogP contribution in [0.2, 0.25) is 0 Å². The van der Waals surface area contributed by atoms with Gasteiger partial charge in [0.05, 0.1) is 12.0 Å². The molecule has 0 spiro atoms. The fraction of sp³-hybridized carbons (Fsp3) is 0.643. The molecule has 1 amide bonds. The van der Waals surface area contributed by atoms with Gasteiger partial charge in [-0.15, -0.1) is 0 Å². The predicted octanol–water partition coefficient (Wildman–Crippen LogP) is 6.40. The van der Waals surface area contributed by atoms with Gasteiger partial charge in [-0.25, -0.2) is 9.24 Å². The summed E-state index contributed by atoms with van der Waals surface area (Å²) in [5.41, 5.74) is -0.407. The normalized spacial score (nSPS) is 37.6. The van der Waals surface area contributed by atoms with Crippen molar-refractivity contribution < 1.29 is 13.7 Å². The average Bonchev–Trinajstić information content (AvgIpc) is 3.58. The molecule has 7 aliphatic rings. The van der Waals surface area contributed by atoms with E-state index in [1.807, 2.05) is 23.1 Å². The average molecular weight is 475 g/mol.